The van der Waals surface area contributed by atoms with Crippen molar-refractivity contribution in [2.45, 2.75) is 24.0 Å². The zero-order valence-electron chi connectivity index (χ0n) is 17.2. The molecule has 1 atom stereocenters. The Balaban J connectivity index is 1.76. The van der Waals surface area contributed by atoms with E-state index in [9.17, 15) is 0 Å². The summed E-state index contributed by atoms with van der Waals surface area (Å²) in [6.07, 6.45) is 1.71. The second kappa shape index (κ2) is 9.30. The monoisotopic (exact) mass is 470 g/mol. The van der Waals surface area contributed by atoms with Crippen LogP contribution < -0.4 is 5.32 Å². The van der Waals surface area contributed by atoms with Crippen molar-refractivity contribution in [2.24, 2.45) is 0 Å². The molecule has 158 valence electrons. The Bertz CT molecular complexity index is 1230. The smallest absolute Gasteiger partial charge is 0.244 e. The van der Waals surface area contributed by atoms with Crippen LogP contribution in [0, 0.1) is 13.8 Å². The van der Waals surface area contributed by atoms with Crippen LogP contribution in [-0.2, 0) is 0 Å². The van der Waals surface area contributed by atoms with Gasteiger partial charge < -0.3 is 9.84 Å². The van der Waals surface area contributed by atoms with E-state index < -0.39 is 0 Å². The fourth-order valence-electron chi connectivity index (χ4n) is 3.10. The molecular weight excluding hydrogens is 451 g/mol. The van der Waals surface area contributed by atoms with Crippen LogP contribution in [0.25, 0.3) is 11.4 Å². The molecule has 0 aliphatic heterocycles. The maximum Gasteiger partial charge on any atom is 0.244 e. The van der Waals surface area contributed by atoms with Gasteiger partial charge in [0.05, 0.1) is 15.6 Å². The number of nitrogens with zero attached hydrogens (tertiary/aromatic N) is 3. The Labute approximate surface area is 195 Å². The van der Waals surface area contributed by atoms with Gasteiger partial charge in [0.1, 0.15) is 11.1 Å². The van der Waals surface area contributed by atoms with Crippen LogP contribution in [-0.4, -0.2) is 22.2 Å². The van der Waals surface area contributed by atoms with Crippen LogP contribution in [0.2, 0.25) is 10.0 Å². The molecule has 0 spiro atoms. The second-order valence-corrected chi connectivity index (χ2v) is 9.02. The average molecular weight is 471 g/mol. The Kier molecular flexibility index (Phi) is 6.51. The SMILES string of the molecule is CNc1ncccc1-c1noc(C(Sc2ccc(C)c(C)c2)c2ccc(Cl)c(Cl)c2)n1. The summed E-state index contributed by atoms with van der Waals surface area (Å²) in [5, 5.41) is 8.00. The molecule has 0 aliphatic rings. The Hall–Kier alpha value is -2.54. The summed E-state index contributed by atoms with van der Waals surface area (Å²) in [6.45, 7) is 4.19. The topological polar surface area (TPSA) is 63.8 Å². The molecule has 4 aromatic rings. The summed E-state index contributed by atoms with van der Waals surface area (Å²) >= 11 is 14.1. The predicted octanol–water partition coefficient (Wildman–Crippen LogP) is 6.98. The number of pyridine rings is 1. The molecule has 2 aromatic carbocycles. The van der Waals surface area contributed by atoms with Gasteiger partial charge in [-0.3, -0.25) is 0 Å². The molecule has 1 unspecified atom stereocenters. The van der Waals surface area contributed by atoms with Gasteiger partial charge in [-0.2, -0.15) is 4.98 Å². The second-order valence-electron chi connectivity index (χ2n) is 7.02. The Morgan fingerprint density at radius 2 is 1.84 bits per heavy atom. The highest BCUT2D eigenvalue weighted by Crippen LogP contribution is 2.42. The van der Waals surface area contributed by atoms with Gasteiger partial charge in [-0.05, 0) is 66.9 Å². The summed E-state index contributed by atoms with van der Waals surface area (Å²) in [7, 11) is 1.81. The lowest BCUT2D eigenvalue weighted by atomic mass is 10.1. The van der Waals surface area contributed by atoms with Crippen LogP contribution in [0.15, 0.2) is 64.1 Å². The molecule has 8 heteroatoms. The number of thioether (sulfide) groups is 1. The van der Waals surface area contributed by atoms with Crippen molar-refractivity contribution in [3.05, 3.63) is 87.4 Å². The molecule has 2 aromatic heterocycles. The van der Waals surface area contributed by atoms with Gasteiger partial charge in [-0.15, -0.1) is 11.8 Å². The molecule has 1 N–H and O–H groups in total. The standard InChI is InChI=1S/C23H20Cl2N4OS/c1-13-6-8-16(11-14(13)2)31-20(15-7-9-18(24)19(25)12-15)23-28-22(29-30-23)17-5-4-10-27-21(17)26-3/h4-12,20H,1-3H3,(H,26,27). The van der Waals surface area contributed by atoms with Crippen molar-refractivity contribution in [3.63, 3.8) is 0 Å². The van der Waals surface area contributed by atoms with E-state index in [0.29, 0.717) is 27.6 Å². The van der Waals surface area contributed by atoms with Crippen molar-refractivity contribution in [2.75, 3.05) is 12.4 Å². The fraction of sp³-hybridized carbons (Fsp3) is 0.174. The van der Waals surface area contributed by atoms with Crippen LogP contribution >= 0.6 is 35.0 Å². The van der Waals surface area contributed by atoms with Crippen molar-refractivity contribution >= 4 is 40.8 Å². The van der Waals surface area contributed by atoms with Crippen molar-refractivity contribution < 1.29 is 4.52 Å². The minimum atomic E-state index is -0.257. The fourth-order valence-corrected chi connectivity index (χ4v) is 4.55. The third-order valence-electron chi connectivity index (χ3n) is 4.93. The highest BCUT2D eigenvalue weighted by molar-refractivity contribution is 7.99. The van der Waals surface area contributed by atoms with E-state index >= 15 is 0 Å². The minimum Gasteiger partial charge on any atom is -0.373 e. The third-order valence-corrected chi connectivity index (χ3v) is 6.90. The van der Waals surface area contributed by atoms with E-state index in [0.717, 1.165) is 16.0 Å². The summed E-state index contributed by atoms with van der Waals surface area (Å²) in [6, 6.07) is 15.7. The molecule has 0 saturated heterocycles. The zero-order chi connectivity index (χ0) is 22.0. The van der Waals surface area contributed by atoms with Crippen molar-refractivity contribution in [1.82, 2.24) is 15.1 Å². The molecule has 2 heterocycles. The van der Waals surface area contributed by atoms with Gasteiger partial charge in [0.15, 0.2) is 0 Å². The van der Waals surface area contributed by atoms with Crippen LogP contribution in [0.1, 0.15) is 27.8 Å². The summed E-state index contributed by atoms with van der Waals surface area (Å²) in [5.41, 5.74) is 4.15. The van der Waals surface area contributed by atoms with E-state index in [1.165, 1.54) is 11.1 Å². The van der Waals surface area contributed by atoms with Crippen molar-refractivity contribution in [3.8, 4) is 11.4 Å². The van der Waals surface area contributed by atoms with Crippen LogP contribution in [0.3, 0.4) is 0 Å². The van der Waals surface area contributed by atoms with E-state index in [2.05, 4.69) is 47.5 Å². The highest BCUT2D eigenvalue weighted by Gasteiger charge is 2.25. The van der Waals surface area contributed by atoms with E-state index in [4.69, 9.17) is 32.7 Å². The predicted molar refractivity (Wildman–Crippen MR) is 127 cm³/mol. The number of aryl methyl sites for hydroxylation is 2. The molecule has 0 amide bonds. The lowest BCUT2D eigenvalue weighted by molar-refractivity contribution is 0.384. The number of rotatable bonds is 6. The number of benzene rings is 2. The Morgan fingerprint density at radius 1 is 1.00 bits per heavy atom. The highest BCUT2D eigenvalue weighted by atomic mass is 35.5. The number of halogens is 2. The lowest BCUT2D eigenvalue weighted by Crippen LogP contribution is -1.99. The molecular formula is C23H20Cl2N4OS. The van der Waals surface area contributed by atoms with Gasteiger partial charge >= 0.3 is 0 Å². The molecule has 0 aliphatic carbocycles. The number of anilines is 1. The summed E-state index contributed by atoms with van der Waals surface area (Å²) in [5.74, 6) is 1.63. The average Bonchev–Trinajstić information content (AvgIpc) is 3.26. The first-order valence-electron chi connectivity index (χ1n) is 9.62. The van der Waals surface area contributed by atoms with E-state index in [1.807, 2.05) is 24.3 Å². The normalized spacial score (nSPS) is 12.0. The first-order valence-corrected chi connectivity index (χ1v) is 11.3. The van der Waals surface area contributed by atoms with Crippen molar-refractivity contribution in [1.29, 1.82) is 0 Å². The first-order chi connectivity index (χ1) is 15.0. The zero-order valence-corrected chi connectivity index (χ0v) is 19.5. The number of nitrogens with one attached hydrogen (secondary N) is 1. The quantitative estimate of drug-likeness (QED) is 0.306. The molecule has 0 bridgehead atoms. The van der Waals surface area contributed by atoms with Gasteiger partial charge in [-0.1, -0.05) is 40.5 Å². The van der Waals surface area contributed by atoms with E-state index in [1.54, 1.807) is 31.1 Å². The lowest BCUT2D eigenvalue weighted by Gasteiger charge is -2.15. The maximum absolute atomic E-state index is 6.31. The maximum atomic E-state index is 6.31. The van der Waals surface area contributed by atoms with Crippen LogP contribution in [0.4, 0.5) is 5.82 Å². The molecule has 4 rings (SSSR count). The van der Waals surface area contributed by atoms with Gasteiger partial charge in [0.2, 0.25) is 11.7 Å². The third kappa shape index (κ3) is 4.71. The summed E-state index contributed by atoms with van der Waals surface area (Å²) < 4.78 is 5.72. The molecule has 0 fully saturated rings. The van der Waals surface area contributed by atoms with Gasteiger partial charge in [0, 0.05) is 18.1 Å². The largest absolute Gasteiger partial charge is 0.373 e. The van der Waals surface area contributed by atoms with E-state index in [-0.39, 0.29) is 5.25 Å². The number of aromatic nitrogens is 3. The minimum absolute atomic E-state index is 0.257. The molecule has 5 nitrogen and oxygen atoms in total. The molecule has 0 radical (unpaired) electrons. The van der Waals surface area contributed by atoms with Crippen LogP contribution in [0.5, 0.6) is 0 Å². The molecule has 0 saturated carbocycles. The van der Waals surface area contributed by atoms with Gasteiger partial charge in [0.25, 0.3) is 0 Å². The molecule has 31 heavy (non-hydrogen) atoms. The number of hydrogen-bond donors (Lipinski definition) is 1. The first kappa shape index (κ1) is 21.7. The summed E-state index contributed by atoms with van der Waals surface area (Å²) in [4.78, 5) is 10.1. The Morgan fingerprint density at radius 3 is 2.58 bits per heavy atom. The number of hydrogen-bond acceptors (Lipinski definition) is 6. The van der Waals surface area contributed by atoms with Gasteiger partial charge in [-0.25, -0.2) is 4.98 Å².